The monoisotopic (exact) mass is 459 g/mol. The van der Waals surface area contributed by atoms with Crippen molar-refractivity contribution in [1.82, 2.24) is 0 Å². The number of methoxy groups -OCH3 is 2. The van der Waals surface area contributed by atoms with Gasteiger partial charge in [0.1, 0.15) is 12.4 Å². The van der Waals surface area contributed by atoms with Gasteiger partial charge in [-0.05, 0) is 61.5 Å². The predicted octanol–water partition coefficient (Wildman–Crippen LogP) is 4.98. The molecule has 0 radical (unpaired) electrons. The summed E-state index contributed by atoms with van der Waals surface area (Å²) in [6, 6.07) is 19.1. The minimum absolute atomic E-state index is 0.0639. The highest BCUT2D eigenvalue weighted by atomic mass is 16.6. The maximum absolute atomic E-state index is 12.7. The molecular weight excluding hydrogens is 434 g/mol. The molecule has 34 heavy (non-hydrogen) atoms. The number of amides is 1. The van der Waals surface area contributed by atoms with Crippen molar-refractivity contribution in [2.75, 3.05) is 26.1 Å². The molecule has 1 atom stereocenters. The van der Waals surface area contributed by atoms with Gasteiger partial charge in [0.15, 0.2) is 17.1 Å². The average molecular weight is 459 g/mol. The number of anilines is 1. The third kappa shape index (κ3) is 5.04. The molecule has 1 N–H and O–H groups in total. The van der Waals surface area contributed by atoms with Crippen molar-refractivity contribution in [3.63, 3.8) is 0 Å². The Morgan fingerprint density at radius 1 is 0.912 bits per heavy atom. The number of rotatable bonds is 7. The Kier molecular flexibility index (Phi) is 6.54. The summed E-state index contributed by atoms with van der Waals surface area (Å²) < 4.78 is 22.0. The zero-order valence-electron chi connectivity index (χ0n) is 19.2. The molecule has 4 rings (SSSR count). The highest BCUT2D eigenvalue weighted by Gasteiger charge is 2.29. The zero-order chi connectivity index (χ0) is 24.1. The predicted molar refractivity (Wildman–Crippen MR) is 129 cm³/mol. The molecule has 0 bridgehead atoms. The Bertz CT molecular complexity index is 1240. The van der Waals surface area contributed by atoms with E-state index in [1.807, 2.05) is 31.2 Å². The maximum atomic E-state index is 12.7. The summed E-state index contributed by atoms with van der Waals surface area (Å²) in [6.07, 6.45) is 3.73. The van der Waals surface area contributed by atoms with Crippen LogP contribution >= 0.6 is 0 Å². The Morgan fingerprint density at radius 2 is 1.68 bits per heavy atom. The lowest BCUT2D eigenvalue weighted by molar-refractivity contribution is 0.0139. The van der Waals surface area contributed by atoms with Crippen molar-refractivity contribution >= 4 is 23.6 Å². The molecule has 1 heterocycles. The van der Waals surface area contributed by atoms with Gasteiger partial charge in [-0.2, -0.15) is 0 Å². The van der Waals surface area contributed by atoms with Crippen LogP contribution in [-0.4, -0.2) is 38.3 Å². The summed E-state index contributed by atoms with van der Waals surface area (Å²) in [6.45, 7) is 1.91. The van der Waals surface area contributed by atoms with Crippen molar-refractivity contribution in [2.24, 2.45) is 0 Å². The molecule has 0 aromatic heterocycles. The molecule has 1 aliphatic heterocycles. The first-order chi connectivity index (χ1) is 16.4. The molecule has 3 aromatic carbocycles. The number of carbonyl (C=O) groups excluding carboxylic acids is 2. The van der Waals surface area contributed by atoms with Crippen molar-refractivity contribution in [3.8, 4) is 17.2 Å². The van der Waals surface area contributed by atoms with Crippen LogP contribution in [0.25, 0.3) is 6.08 Å². The fraction of sp³-hybridized carbons (Fsp3) is 0.185. The third-order valence-electron chi connectivity index (χ3n) is 5.37. The molecule has 0 spiro atoms. The van der Waals surface area contributed by atoms with Crippen LogP contribution in [0.3, 0.4) is 0 Å². The number of hydrogen-bond acceptors (Lipinski definition) is 6. The Labute approximate surface area is 197 Å². The van der Waals surface area contributed by atoms with E-state index in [-0.39, 0.29) is 12.5 Å². The van der Waals surface area contributed by atoms with E-state index in [1.54, 1.807) is 61.7 Å². The van der Waals surface area contributed by atoms with Crippen molar-refractivity contribution in [1.29, 1.82) is 0 Å². The van der Waals surface area contributed by atoms with Gasteiger partial charge in [-0.25, -0.2) is 4.79 Å². The van der Waals surface area contributed by atoms with Gasteiger partial charge >= 0.3 is 5.97 Å². The molecule has 174 valence electrons. The van der Waals surface area contributed by atoms with Crippen molar-refractivity contribution in [3.05, 3.63) is 89.5 Å². The average Bonchev–Trinajstić information content (AvgIpc) is 2.87. The molecule has 7 nitrogen and oxygen atoms in total. The molecule has 1 unspecified atom stereocenters. The second kappa shape index (κ2) is 9.70. The molecule has 0 saturated carbocycles. The number of carbonyl (C=O) groups is 2. The molecule has 0 saturated heterocycles. The zero-order valence-corrected chi connectivity index (χ0v) is 19.2. The van der Waals surface area contributed by atoms with Crippen LogP contribution in [-0.2, 0) is 4.74 Å². The fourth-order valence-corrected chi connectivity index (χ4v) is 3.53. The normalized spacial score (nSPS) is 16.1. The molecule has 1 aliphatic rings. The largest absolute Gasteiger partial charge is 0.493 e. The van der Waals surface area contributed by atoms with E-state index < -0.39 is 11.6 Å². The SMILES string of the molecule is COc1ccc(C(=O)Nc2ccc3c(c2)C=CC(C)(COC(=O)c2ccccc2)O3)cc1OC. The summed E-state index contributed by atoms with van der Waals surface area (Å²) >= 11 is 0. The van der Waals surface area contributed by atoms with Gasteiger partial charge in [0.2, 0.25) is 0 Å². The van der Waals surface area contributed by atoms with E-state index in [0.29, 0.717) is 34.1 Å². The van der Waals surface area contributed by atoms with Crippen LogP contribution in [0.15, 0.2) is 72.8 Å². The molecule has 3 aromatic rings. The summed E-state index contributed by atoms with van der Waals surface area (Å²) in [4.78, 5) is 25.0. The topological polar surface area (TPSA) is 83.1 Å². The maximum Gasteiger partial charge on any atom is 0.338 e. The van der Waals surface area contributed by atoms with Gasteiger partial charge < -0.3 is 24.3 Å². The van der Waals surface area contributed by atoms with Gasteiger partial charge in [-0.1, -0.05) is 24.3 Å². The molecule has 0 fully saturated rings. The number of fused-ring (bicyclic) bond motifs is 1. The van der Waals surface area contributed by atoms with Crippen molar-refractivity contribution in [2.45, 2.75) is 12.5 Å². The highest BCUT2D eigenvalue weighted by Crippen LogP contribution is 2.34. The standard InChI is InChI=1S/C27H25NO6/c1-27(17-33-26(30)18-7-5-4-6-8-18)14-13-19-15-21(10-12-22(19)34-27)28-25(29)20-9-11-23(31-2)24(16-20)32-3/h4-16H,17H2,1-3H3,(H,28,29). The smallest absolute Gasteiger partial charge is 0.338 e. The van der Waals surface area contributed by atoms with E-state index in [2.05, 4.69) is 5.32 Å². The van der Waals surface area contributed by atoms with Gasteiger partial charge in [-0.15, -0.1) is 0 Å². The Hall–Kier alpha value is -4.26. The van der Waals surface area contributed by atoms with Crippen LogP contribution < -0.4 is 19.5 Å². The minimum atomic E-state index is -0.804. The summed E-state index contributed by atoms with van der Waals surface area (Å²) in [5, 5.41) is 2.88. The molecule has 7 heteroatoms. The van der Waals surface area contributed by atoms with Crippen LogP contribution in [0.2, 0.25) is 0 Å². The molecular formula is C27H25NO6. The first-order valence-corrected chi connectivity index (χ1v) is 10.7. The Morgan fingerprint density at radius 3 is 2.41 bits per heavy atom. The number of nitrogens with one attached hydrogen (secondary N) is 1. The van der Waals surface area contributed by atoms with Gasteiger partial charge in [-0.3, -0.25) is 4.79 Å². The summed E-state index contributed by atoms with van der Waals surface area (Å²) in [7, 11) is 3.06. The van der Waals surface area contributed by atoms with Gasteiger partial charge in [0.05, 0.1) is 19.8 Å². The Balaban J connectivity index is 1.42. The van der Waals surface area contributed by atoms with Crippen LogP contribution in [0.1, 0.15) is 33.2 Å². The second-order valence-electron chi connectivity index (χ2n) is 7.97. The number of hydrogen-bond donors (Lipinski definition) is 1. The lowest BCUT2D eigenvalue weighted by Crippen LogP contribution is -2.38. The lowest BCUT2D eigenvalue weighted by Gasteiger charge is -2.31. The van der Waals surface area contributed by atoms with Gasteiger partial charge in [0, 0.05) is 16.8 Å². The second-order valence-corrected chi connectivity index (χ2v) is 7.97. The number of benzene rings is 3. The van der Waals surface area contributed by atoms with E-state index in [4.69, 9.17) is 18.9 Å². The first-order valence-electron chi connectivity index (χ1n) is 10.7. The van der Waals surface area contributed by atoms with E-state index in [9.17, 15) is 9.59 Å². The summed E-state index contributed by atoms with van der Waals surface area (Å²) in [5.41, 5.74) is 1.54. The first kappa shape index (κ1) is 22.9. The van der Waals surface area contributed by atoms with E-state index in [1.165, 1.54) is 7.11 Å². The number of ether oxygens (including phenoxy) is 4. The third-order valence-corrected chi connectivity index (χ3v) is 5.37. The van der Waals surface area contributed by atoms with E-state index >= 15 is 0 Å². The lowest BCUT2D eigenvalue weighted by atomic mass is 10.0. The number of esters is 1. The molecule has 0 aliphatic carbocycles. The molecule has 1 amide bonds. The van der Waals surface area contributed by atoms with E-state index in [0.717, 1.165) is 5.56 Å². The highest BCUT2D eigenvalue weighted by molar-refractivity contribution is 6.04. The summed E-state index contributed by atoms with van der Waals surface area (Å²) in [5.74, 6) is 0.971. The van der Waals surface area contributed by atoms with Gasteiger partial charge in [0.25, 0.3) is 5.91 Å². The minimum Gasteiger partial charge on any atom is -0.493 e. The van der Waals surface area contributed by atoms with Crippen LogP contribution in [0, 0.1) is 0 Å². The quantitative estimate of drug-likeness (QED) is 0.502. The van der Waals surface area contributed by atoms with Crippen molar-refractivity contribution < 1.29 is 28.5 Å². The van der Waals surface area contributed by atoms with Crippen LogP contribution in [0.4, 0.5) is 5.69 Å². The fourth-order valence-electron chi connectivity index (χ4n) is 3.53. The van der Waals surface area contributed by atoms with Crippen LogP contribution in [0.5, 0.6) is 17.2 Å².